The fraction of sp³-hybridized carbons (Fsp3) is 0.500. The fourth-order valence-corrected chi connectivity index (χ4v) is 4.42. The molecule has 4 N–H and O–H groups in total. The molecule has 0 saturated carbocycles. The molecule has 0 saturated heterocycles. The number of oxime groups is 1. The highest BCUT2D eigenvalue weighted by atomic mass is 79.9. The van der Waals surface area contributed by atoms with Crippen LogP contribution in [0, 0.1) is 5.41 Å². The molecule has 21 heavy (non-hydrogen) atoms. The topological polar surface area (TPSA) is 70.6 Å². The quantitative estimate of drug-likeness (QED) is 0.161. The number of unbranched alkanes of at least 4 members (excludes halogenated alkanes) is 1. The zero-order valence-corrected chi connectivity index (χ0v) is 16.8. The first-order chi connectivity index (χ1) is 9.77. The first-order valence-electron chi connectivity index (χ1n) is 6.64. The second kappa shape index (κ2) is 8.39. The van der Waals surface area contributed by atoms with Gasteiger partial charge in [0.25, 0.3) is 0 Å². The minimum atomic E-state index is -0.270. The Bertz CT molecular complexity index is 495. The molecule has 0 bridgehead atoms. The second-order valence-corrected chi connectivity index (χ2v) is 8.12. The maximum absolute atomic E-state index is 8.74. The third-order valence-electron chi connectivity index (χ3n) is 3.34. The third-order valence-corrected chi connectivity index (χ3v) is 5.05. The van der Waals surface area contributed by atoms with E-state index in [2.05, 4.69) is 58.3 Å². The summed E-state index contributed by atoms with van der Waals surface area (Å²) in [6, 6.07) is 4.02. The van der Waals surface area contributed by atoms with Crippen LogP contribution in [0.15, 0.2) is 30.7 Å². The second-order valence-electron chi connectivity index (χ2n) is 5.50. The molecule has 0 amide bonds. The maximum Gasteiger partial charge on any atom is 0.144 e. The number of hydrogen-bond donors (Lipinski definition) is 3. The van der Waals surface area contributed by atoms with E-state index < -0.39 is 0 Å². The number of rotatable bonds is 7. The van der Waals surface area contributed by atoms with Crippen LogP contribution < -0.4 is 11.1 Å². The normalized spacial score (nSPS) is 12.5. The van der Waals surface area contributed by atoms with Crippen molar-refractivity contribution in [3.05, 3.63) is 25.6 Å². The highest BCUT2D eigenvalue weighted by molar-refractivity contribution is 9.11. The number of nitrogens with zero attached hydrogens (tertiary/aromatic N) is 1. The van der Waals surface area contributed by atoms with E-state index in [1.165, 1.54) is 0 Å². The molecule has 1 aromatic rings. The molecule has 0 fully saturated rings. The summed E-state index contributed by atoms with van der Waals surface area (Å²) < 4.78 is 3.05. The summed E-state index contributed by atoms with van der Waals surface area (Å²) in [5.74, 6) is 0.286. The molecule has 0 aromatic heterocycles. The van der Waals surface area contributed by atoms with Gasteiger partial charge in [0.1, 0.15) is 5.84 Å². The SMILES string of the molecule is CC(C)(CCCCNc1c(Br)cc(Br)cc1Br)C(N)=NO. The van der Waals surface area contributed by atoms with Gasteiger partial charge in [-0.2, -0.15) is 0 Å². The Morgan fingerprint density at radius 3 is 2.33 bits per heavy atom. The molecule has 0 radical (unpaired) electrons. The fourth-order valence-electron chi connectivity index (χ4n) is 1.88. The maximum atomic E-state index is 8.74. The largest absolute Gasteiger partial charge is 0.409 e. The Kier molecular flexibility index (Phi) is 7.50. The Hall–Kier alpha value is -0.270. The lowest BCUT2D eigenvalue weighted by Gasteiger charge is -2.22. The highest BCUT2D eigenvalue weighted by Gasteiger charge is 2.22. The molecule has 0 aliphatic heterocycles. The molecule has 1 aromatic carbocycles. The standard InChI is InChI=1S/C14H20Br3N3O/c1-14(2,13(18)20-21)5-3-4-6-19-12-10(16)7-9(15)8-11(12)17/h7-8,19,21H,3-6H2,1-2H3,(H2,18,20). The monoisotopic (exact) mass is 483 g/mol. The summed E-state index contributed by atoms with van der Waals surface area (Å²) in [6.07, 6.45) is 2.90. The third kappa shape index (κ3) is 5.79. The molecular weight excluding hydrogens is 466 g/mol. The van der Waals surface area contributed by atoms with Crippen LogP contribution in [0.3, 0.4) is 0 Å². The lowest BCUT2D eigenvalue weighted by molar-refractivity contribution is 0.304. The smallest absolute Gasteiger partial charge is 0.144 e. The molecule has 118 valence electrons. The van der Waals surface area contributed by atoms with Gasteiger partial charge < -0.3 is 16.3 Å². The molecule has 0 atom stereocenters. The van der Waals surface area contributed by atoms with Crippen molar-refractivity contribution in [2.45, 2.75) is 33.1 Å². The van der Waals surface area contributed by atoms with Crippen LogP contribution in [0.1, 0.15) is 33.1 Å². The van der Waals surface area contributed by atoms with Crippen molar-refractivity contribution >= 4 is 59.3 Å². The van der Waals surface area contributed by atoms with Gasteiger partial charge in [-0.05, 0) is 56.8 Å². The van der Waals surface area contributed by atoms with Crippen LogP contribution in [0.25, 0.3) is 0 Å². The molecule has 0 spiro atoms. The summed E-state index contributed by atoms with van der Waals surface area (Å²) in [4.78, 5) is 0. The van der Waals surface area contributed by atoms with E-state index in [0.717, 1.165) is 44.9 Å². The van der Waals surface area contributed by atoms with E-state index in [1.807, 2.05) is 26.0 Å². The lowest BCUT2D eigenvalue weighted by Crippen LogP contribution is -2.31. The van der Waals surface area contributed by atoms with Gasteiger partial charge >= 0.3 is 0 Å². The van der Waals surface area contributed by atoms with E-state index in [4.69, 9.17) is 10.9 Å². The molecule has 0 aliphatic carbocycles. The van der Waals surface area contributed by atoms with E-state index in [9.17, 15) is 0 Å². The lowest BCUT2D eigenvalue weighted by atomic mass is 9.86. The van der Waals surface area contributed by atoms with Crippen LogP contribution in [0.5, 0.6) is 0 Å². The van der Waals surface area contributed by atoms with Crippen molar-refractivity contribution in [2.24, 2.45) is 16.3 Å². The van der Waals surface area contributed by atoms with Crippen molar-refractivity contribution in [2.75, 3.05) is 11.9 Å². The predicted octanol–water partition coefficient (Wildman–Crippen LogP) is 5.33. The van der Waals surface area contributed by atoms with Gasteiger partial charge in [-0.25, -0.2) is 0 Å². The van der Waals surface area contributed by atoms with E-state index in [-0.39, 0.29) is 11.3 Å². The van der Waals surface area contributed by atoms with Gasteiger partial charge in [-0.15, -0.1) is 0 Å². The average Bonchev–Trinajstić information content (AvgIpc) is 2.39. The minimum Gasteiger partial charge on any atom is -0.409 e. The molecule has 7 heteroatoms. The van der Waals surface area contributed by atoms with Gasteiger partial charge in [0.2, 0.25) is 0 Å². The summed E-state index contributed by atoms with van der Waals surface area (Å²) in [6.45, 7) is 4.83. The van der Waals surface area contributed by atoms with Crippen LogP contribution in [-0.4, -0.2) is 17.6 Å². The molecule has 0 unspecified atom stereocenters. The van der Waals surface area contributed by atoms with Gasteiger partial charge in [0.05, 0.1) is 5.69 Å². The summed E-state index contributed by atoms with van der Waals surface area (Å²) in [5, 5.41) is 15.3. The summed E-state index contributed by atoms with van der Waals surface area (Å²) in [7, 11) is 0. The zero-order valence-electron chi connectivity index (χ0n) is 12.1. The van der Waals surface area contributed by atoms with Crippen molar-refractivity contribution < 1.29 is 5.21 Å². The predicted molar refractivity (Wildman–Crippen MR) is 99.1 cm³/mol. The number of anilines is 1. The van der Waals surface area contributed by atoms with Crippen LogP contribution in [-0.2, 0) is 0 Å². The van der Waals surface area contributed by atoms with Gasteiger partial charge in [0, 0.05) is 25.4 Å². The minimum absolute atomic E-state index is 0.270. The molecular formula is C14H20Br3N3O. The van der Waals surface area contributed by atoms with Gasteiger partial charge in [0.15, 0.2) is 0 Å². The van der Waals surface area contributed by atoms with Crippen molar-refractivity contribution in [3.63, 3.8) is 0 Å². The molecule has 1 rings (SSSR count). The molecule has 0 aliphatic rings. The Labute approximate surface area is 150 Å². The van der Waals surface area contributed by atoms with E-state index in [1.54, 1.807) is 0 Å². The van der Waals surface area contributed by atoms with Crippen molar-refractivity contribution in [1.82, 2.24) is 0 Å². The van der Waals surface area contributed by atoms with Gasteiger partial charge in [-0.3, -0.25) is 0 Å². The van der Waals surface area contributed by atoms with Crippen LogP contribution in [0.2, 0.25) is 0 Å². The highest BCUT2D eigenvalue weighted by Crippen LogP contribution is 2.34. The number of amidine groups is 1. The molecule has 0 heterocycles. The number of halogens is 3. The number of nitrogens with two attached hydrogens (primary N) is 1. The number of benzene rings is 1. The first-order valence-corrected chi connectivity index (χ1v) is 9.02. The average molecular weight is 486 g/mol. The Balaban J connectivity index is 2.42. The van der Waals surface area contributed by atoms with Crippen molar-refractivity contribution in [3.8, 4) is 0 Å². The Morgan fingerprint density at radius 1 is 1.24 bits per heavy atom. The number of hydrogen-bond acceptors (Lipinski definition) is 3. The summed E-state index contributed by atoms with van der Waals surface area (Å²) in [5.41, 5.74) is 6.46. The molecule has 4 nitrogen and oxygen atoms in total. The van der Waals surface area contributed by atoms with Crippen molar-refractivity contribution in [1.29, 1.82) is 0 Å². The van der Waals surface area contributed by atoms with E-state index >= 15 is 0 Å². The zero-order chi connectivity index (χ0) is 16.0. The Morgan fingerprint density at radius 2 is 1.81 bits per heavy atom. The first kappa shape index (κ1) is 18.8. The van der Waals surface area contributed by atoms with Crippen LogP contribution >= 0.6 is 47.8 Å². The van der Waals surface area contributed by atoms with Gasteiger partial charge in [-0.1, -0.05) is 41.4 Å². The number of nitrogens with one attached hydrogen (secondary N) is 1. The van der Waals surface area contributed by atoms with Crippen LogP contribution in [0.4, 0.5) is 5.69 Å². The van der Waals surface area contributed by atoms with E-state index in [0.29, 0.717) is 0 Å². The summed E-state index contributed by atoms with van der Waals surface area (Å²) >= 11 is 10.5.